The van der Waals surface area contributed by atoms with Gasteiger partial charge >= 0.3 is 5.97 Å². The Kier molecular flexibility index (Phi) is 3.72. The standard InChI is InChI=1S/C21H30O3/c1-13(22)24-15-8-10-20(2)14(12-15)4-5-16-17-6-7-19(23)21(17,3)11-9-18(16)20/h4,15,18-19,23H,5-12H2,1-3H3/t15-,18?,19-,20-,21-/m0/s1. The summed E-state index contributed by atoms with van der Waals surface area (Å²) in [6.45, 7) is 6.22. The zero-order valence-corrected chi connectivity index (χ0v) is 15.2. The van der Waals surface area contributed by atoms with Crippen molar-refractivity contribution in [1.29, 1.82) is 0 Å². The molecular weight excluding hydrogens is 300 g/mol. The number of hydrogen-bond acceptors (Lipinski definition) is 3. The van der Waals surface area contributed by atoms with Crippen LogP contribution in [-0.4, -0.2) is 23.3 Å². The smallest absolute Gasteiger partial charge is 0.302 e. The monoisotopic (exact) mass is 330 g/mol. The third-order valence-corrected chi connectivity index (χ3v) is 7.69. The van der Waals surface area contributed by atoms with E-state index in [4.69, 9.17) is 4.74 Å². The highest BCUT2D eigenvalue weighted by Gasteiger charge is 2.53. The van der Waals surface area contributed by atoms with Crippen LogP contribution in [0.15, 0.2) is 22.8 Å². The van der Waals surface area contributed by atoms with Gasteiger partial charge in [0.1, 0.15) is 6.10 Å². The van der Waals surface area contributed by atoms with Crippen molar-refractivity contribution in [3.05, 3.63) is 22.8 Å². The summed E-state index contributed by atoms with van der Waals surface area (Å²) >= 11 is 0. The van der Waals surface area contributed by atoms with Crippen LogP contribution in [0.1, 0.15) is 72.1 Å². The molecule has 0 spiro atoms. The van der Waals surface area contributed by atoms with Crippen molar-refractivity contribution in [3.8, 4) is 0 Å². The molecular formula is C21H30O3. The van der Waals surface area contributed by atoms with Crippen molar-refractivity contribution in [1.82, 2.24) is 0 Å². The van der Waals surface area contributed by atoms with Crippen LogP contribution in [0.4, 0.5) is 0 Å². The lowest BCUT2D eigenvalue weighted by Gasteiger charge is -2.52. The maximum atomic E-state index is 11.3. The Hall–Kier alpha value is -1.09. The van der Waals surface area contributed by atoms with E-state index in [0.29, 0.717) is 5.92 Å². The Morgan fingerprint density at radius 1 is 1.21 bits per heavy atom. The predicted molar refractivity (Wildman–Crippen MR) is 93.3 cm³/mol. The minimum absolute atomic E-state index is 0.0302. The first kappa shape index (κ1) is 16.4. The maximum Gasteiger partial charge on any atom is 0.302 e. The van der Waals surface area contributed by atoms with Gasteiger partial charge in [-0.05, 0) is 56.3 Å². The fourth-order valence-corrected chi connectivity index (χ4v) is 6.21. The van der Waals surface area contributed by atoms with Gasteiger partial charge in [0.05, 0.1) is 6.10 Å². The van der Waals surface area contributed by atoms with Crippen molar-refractivity contribution >= 4 is 5.97 Å². The van der Waals surface area contributed by atoms with Gasteiger partial charge in [-0.1, -0.05) is 36.6 Å². The van der Waals surface area contributed by atoms with E-state index < -0.39 is 0 Å². The SMILES string of the molecule is CC(=O)O[C@H]1CC[C@@]2(C)C(=CCC3=C4CC[C@H](O)[C@@]4(C)CCC32)C1. The molecule has 4 rings (SSSR count). The minimum Gasteiger partial charge on any atom is -0.462 e. The predicted octanol–water partition coefficient (Wildman–Crippen LogP) is 4.31. The summed E-state index contributed by atoms with van der Waals surface area (Å²) in [5.74, 6) is 0.473. The summed E-state index contributed by atoms with van der Waals surface area (Å²) in [4.78, 5) is 11.3. The number of ether oxygens (including phenoxy) is 1. The van der Waals surface area contributed by atoms with Gasteiger partial charge in [0, 0.05) is 18.8 Å². The zero-order chi connectivity index (χ0) is 17.1. The molecule has 132 valence electrons. The van der Waals surface area contributed by atoms with E-state index >= 15 is 0 Å². The topological polar surface area (TPSA) is 46.5 Å². The molecule has 0 amide bonds. The quantitative estimate of drug-likeness (QED) is 0.576. The number of esters is 1. The zero-order valence-electron chi connectivity index (χ0n) is 15.2. The van der Waals surface area contributed by atoms with E-state index in [9.17, 15) is 9.90 Å². The molecule has 0 heterocycles. The highest BCUT2D eigenvalue weighted by Crippen LogP contribution is 2.62. The minimum atomic E-state index is -0.156. The van der Waals surface area contributed by atoms with Gasteiger partial charge < -0.3 is 9.84 Å². The lowest BCUT2D eigenvalue weighted by Crippen LogP contribution is -2.44. The third kappa shape index (κ3) is 2.23. The normalized spacial score (nSPS) is 44.3. The van der Waals surface area contributed by atoms with Gasteiger partial charge in [0.2, 0.25) is 0 Å². The van der Waals surface area contributed by atoms with Gasteiger partial charge in [0.15, 0.2) is 0 Å². The molecule has 0 bridgehead atoms. The summed E-state index contributed by atoms with van der Waals surface area (Å²) in [6.07, 6.45) is 10.7. The largest absolute Gasteiger partial charge is 0.462 e. The average Bonchev–Trinajstić information content (AvgIpc) is 2.83. The van der Waals surface area contributed by atoms with Gasteiger partial charge in [0.25, 0.3) is 0 Å². The molecule has 0 saturated heterocycles. The van der Waals surface area contributed by atoms with E-state index in [2.05, 4.69) is 19.9 Å². The van der Waals surface area contributed by atoms with Crippen LogP contribution in [0.5, 0.6) is 0 Å². The molecule has 24 heavy (non-hydrogen) atoms. The first-order valence-corrected chi connectivity index (χ1v) is 9.62. The molecule has 4 aliphatic rings. The fourth-order valence-electron chi connectivity index (χ4n) is 6.21. The first-order valence-electron chi connectivity index (χ1n) is 9.62. The Bertz CT molecular complexity index is 631. The summed E-state index contributed by atoms with van der Waals surface area (Å²) in [7, 11) is 0. The molecule has 3 nitrogen and oxygen atoms in total. The van der Waals surface area contributed by atoms with Crippen LogP contribution in [0, 0.1) is 16.7 Å². The maximum absolute atomic E-state index is 11.3. The van der Waals surface area contributed by atoms with E-state index in [1.54, 1.807) is 11.1 Å². The molecule has 3 heteroatoms. The summed E-state index contributed by atoms with van der Waals surface area (Å²) < 4.78 is 5.50. The molecule has 0 aromatic carbocycles. The highest BCUT2D eigenvalue weighted by molar-refractivity contribution is 5.66. The lowest BCUT2D eigenvalue weighted by atomic mass is 9.53. The van der Waals surface area contributed by atoms with Crippen LogP contribution in [0.25, 0.3) is 0 Å². The Balaban J connectivity index is 1.67. The Labute approximate surface area is 145 Å². The molecule has 4 aliphatic carbocycles. The van der Waals surface area contributed by atoms with Crippen molar-refractivity contribution in [2.45, 2.75) is 84.3 Å². The van der Waals surface area contributed by atoms with Crippen LogP contribution in [0.2, 0.25) is 0 Å². The summed E-state index contributed by atoms with van der Waals surface area (Å²) in [5, 5.41) is 10.5. The number of aliphatic hydroxyl groups is 1. The second-order valence-corrected chi connectivity index (χ2v) is 8.89. The number of carbonyl (C=O) groups is 1. The van der Waals surface area contributed by atoms with Gasteiger partial charge in [-0.25, -0.2) is 0 Å². The highest BCUT2D eigenvalue weighted by atomic mass is 16.5. The van der Waals surface area contributed by atoms with Gasteiger partial charge in [-0.3, -0.25) is 4.79 Å². The Morgan fingerprint density at radius 2 is 1.96 bits per heavy atom. The molecule has 2 fully saturated rings. The Morgan fingerprint density at radius 3 is 2.71 bits per heavy atom. The van der Waals surface area contributed by atoms with E-state index in [-0.39, 0.29) is 29.0 Å². The first-order chi connectivity index (χ1) is 11.3. The fraction of sp³-hybridized carbons (Fsp3) is 0.762. The second kappa shape index (κ2) is 5.45. The lowest BCUT2D eigenvalue weighted by molar-refractivity contribution is -0.148. The summed E-state index contributed by atoms with van der Waals surface area (Å²) in [5.41, 5.74) is 4.98. The molecule has 1 unspecified atom stereocenters. The van der Waals surface area contributed by atoms with E-state index in [0.717, 1.165) is 44.9 Å². The molecule has 0 aromatic heterocycles. The third-order valence-electron chi connectivity index (χ3n) is 7.69. The van der Waals surface area contributed by atoms with Crippen LogP contribution < -0.4 is 0 Å². The second-order valence-electron chi connectivity index (χ2n) is 8.89. The van der Waals surface area contributed by atoms with Crippen molar-refractivity contribution < 1.29 is 14.6 Å². The van der Waals surface area contributed by atoms with E-state index in [1.807, 2.05) is 0 Å². The molecule has 0 radical (unpaired) electrons. The van der Waals surface area contributed by atoms with Crippen molar-refractivity contribution in [3.63, 3.8) is 0 Å². The van der Waals surface area contributed by atoms with Crippen molar-refractivity contribution in [2.24, 2.45) is 16.7 Å². The van der Waals surface area contributed by atoms with Crippen LogP contribution in [0.3, 0.4) is 0 Å². The average molecular weight is 330 g/mol. The number of rotatable bonds is 1. The molecule has 5 atom stereocenters. The van der Waals surface area contributed by atoms with Crippen LogP contribution >= 0.6 is 0 Å². The molecule has 0 aliphatic heterocycles. The number of aliphatic hydroxyl groups excluding tert-OH is 1. The number of fused-ring (bicyclic) bond motifs is 4. The van der Waals surface area contributed by atoms with Crippen LogP contribution in [-0.2, 0) is 9.53 Å². The number of hydrogen-bond donors (Lipinski definition) is 1. The van der Waals surface area contributed by atoms with Crippen molar-refractivity contribution in [2.75, 3.05) is 0 Å². The number of carbonyl (C=O) groups excluding carboxylic acids is 1. The van der Waals surface area contributed by atoms with Gasteiger partial charge in [-0.15, -0.1) is 0 Å². The summed E-state index contributed by atoms with van der Waals surface area (Å²) in [6, 6.07) is 0. The molecule has 2 saturated carbocycles. The molecule has 0 aromatic rings. The number of allylic oxidation sites excluding steroid dienone is 2. The van der Waals surface area contributed by atoms with Gasteiger partial charge in [-0.2, -0.15) is 0 Å². The molecule has 1 N–H and O–H groups in total. The van der Waals surface area contributed by atoms with E-state index in [1.165, 1.54) is 18.9 Å².